The average Bonchev–Trinajstić information content (AvgIpc) is 3.27. The molecule has 1 atom stereocenters. The van der Waals surface area contributed by atoms with Gasteiger partial charge in [-0.3, -0.25) is 4.79 Å². The van der Waals surface area contributed by atoms with E-state index < -0.39 is 0 Å². The molecule has 28 heavy (non-hydrogen) atoms. The van der Waals surface area contributed by atoms with Crippen LogP contribution >= 0.6 is 0 Å². The van der Waals surface area contributed by atoms with Gasteiger partial charge in [0.25, 0.3) is 0 Å². The Bertz CT molecular complexity index is 903. The quantitative estimate of drug-likeness (QED) is 0.673. The summed E-state index contributed by atoms with van der Waals surface area (Å²) in [5.74, 6) is -0.0743. The molecule has 1 aliphatic rings. The Labute approximate surface area is 164 Å². The zero-order chi connectivity index (χ0) is 19.3. The van der Waals surface area contributed by atoms with Gasteiger partial charge in [0.05, 0.1) is 18.2 Å². The topological polar surface area (TPSA) is 28.5 Å². The van der Waals surface area contributed by atoms with E-state index in [1.54, 1.807) is 12.1 Å². The lowest BCUT2D eigenvalue weighted by Crippen LogP contribution is -2.49. The van der Waals surface area contributed by atoms with Gasteiger partial charge in [0, 0.05) is 38.6 Å². The van der Waals surface area contributed by atoms with Crippen LogP contribution in [0.3, 0.4) is 0 Å². The molecule has 1 aromatic heterocycles. The second-order valence-corrected chi connectivity index (χ2v) is 7.08. The summed E-state index contributed by atoms with van der Waals surface area (Å²) in [6.45, 7) is 2.51. The first-order valence-corrected chi connectivity index (χ1v) is 9.67. The van der Waals surface area contributed by atoms with Gasteiger partial charge in [-0.2, -0.15) is 0 Å². The number of benzene rings is 2. The highest BCUT2D eigenvalue weighted by Crippen LogP contribution is 2.25. The highest BCUT2D eigenvalue weighted by atomic mass is 19.1. The second kappa shape index (κ2) is 8.30. The summed E-state index contributed by atoms with van der Waals surface area (Å²) in [4.78, 5) is 16.9. The van der Waals surface area contributed by atoms with Gasteiger partial charge in [0.2, 0.25) is 5.91 Å². The number of piperazine rings is 1. The molecule has 4 rings (SSSR count). The van der Waals surface area contributed by atoms with E-state index >= 15 is 0 Å². The van der Waals surface area contributed by atoms with E-state index in [1.807, 2.05) is 58.6 Å². The van der Waals surface area contributed by atoms with Crippen molar-refractivity contribution in [1.82, 2.24) is 9.47 Å². The van der Waals surface area contributed by atoms with Crippen LogP contribution in [0.1, 0.15) is 18.0 Å². The molecular weight excluding hydrogens is 353 g/mol. The molecule has 0 radical (unpaired) electrons. The SMILES string of the molecule is O=C(CC(c1ccccc1)n1cccc1)N1CCN(c2ccccc2F)CC1. The largest absolute Gasteiger partial charge is 0.366 e. The zero-order valence-corrected chi connectivity index (χ0v) is 15.7. The molecule has 1 saturated heterocycles. The first kappa shape index (κ1) is 18.3. The predicted octanol–water partition coefficient (Wildman–Crippen LogP) is 3.96. The Morgan fingerprint density at radius 2 is 1.50 bits per heavy atom. The molecule has 0 saturated carbocycles. The van der Waals surface area contributed by atoms with E-state index in [9.17, 15) is 9.18 Å². The van der Waals surface area contributed by atoms with Crippen molar-refractivity contribution in [1.29, 1.82) is 0 Å². The van der Waals surface area contributed by atoms with Gasteiger partial charge < -0.3 is 14.4 Å². The lowest BCUT2D eigenvalue weighted by molar-refractivity contribution is -0.132. The third-order valence-corrected chi connectivity index (χ3v) is 5.37. The molecular formula is C23H24FN3O. The molecule has 0 bridgehead atoms. The molecule has 0 N–H and O–H groups in total. The fourth-order valence-corrected chi connectivity index (χ4v) is 3.83. The van der Waals surface area contributed by atoms with Gasteiger partial charge in [0.1, 0.15) is 5.82 Å². The van der Waals surface area contributed by atoms with E-state index in [-0.39, 0.29) is 17.8 Å². The number of hydrogen-bond donors (Lipinski definition) is 0. The Morgan fingerprint density at radius 1 is 0.857 bits per heavy atom. The van der Waals surface area contributed by atoms with Gasteiger partial charge in [-0.05, 0) is 29.8 Å². The Kier molecular flexibility index (Phi) is 5.42. The highest BCUT2D eigenvalue weighted by molar-refractivity contribution is 5.77. The minimum atomic E-state index is -0.209. The summed E-state index contributed by atoms with van der Waals surface area (Å²) in [6.07, 6.45) is 4.42. The second-order valence-electron chi connectivity index (χ2n) is 7.08. The van der Waals surface area contributed by atoms with Crippen molar-refractivity contribution in [2.75, 3.05) is 31.1 Å². The van der Waals surface area contributed by atoms with Gasteiger partial charge >= 0.3 is 0 Å². The Morgan fingerprint density at radius 3 is 2.18 bits per heavy atom. The number of amides is 1. The van der Waals surface area contributed by atoms with Crippen molar-refractivity contribution in [3.05, 3.63) is 90.5 Å². The number of halogens is 1. The summed E-state index contributed by atoms with van der Waals surface area (Å²) in [5, 5.41) is 0. The summed E-state index contributed by atoms with van der Waals surface area (Å²) < 4.78 is 16.1. The van der Waals surface area contributed by atoms with Crippen molar-refractivity contribution in [2.24, 2.45) is 0 Å². The maximum atomic E-state index is 14.0. The molecule has 1 unspecified atom stereocenters. The standard InChI is InChI=1S/C23H24FN3O/c24-20-10-4-5-11-21(20)26-14-16-27(17-15-26)23(28)18-22(25-12-6-7-13-25)19-8-2-1-3-9-19/h1-13,22H,14-18H2. The minimum absolute atomic E-state index is 0.0201. The molecule has 3 aromatic rings. The summed E-state index contributed by atoms with van der Waals surface area (Å²) >= 11 is 0. The number of para-hydroxylation sites is 1. The fraction of sp³-hybridized carbons (Fsp3) is 0.261. The molecule has 0 aliphatic carbocycles. The number of carbonyl (C=O) groups is 1. The normalized spacial score (nSPS) is 15.5. The summed E-state index contributed by atoms with van der Waals surface area (Å²) in [7, 11) is 0. The smallest absolute Gasteiger partial charge is 0.225 e. The first-order valence-electron chi connectivity index (χ1n) is 9.67. The van der Waals surface area contributed by atoms with Crippen LogP contribution in [0.25, 0.3) is 0 Å². The lowest BCUT2D eigenvalue weighted by atomic mass is 10.0. The van der Waals surface area contributed by atoms with Crippen LogP contribution in [0.4, 0.5) is 10.1 Å². The lowest BCUT2D eigenvalue weighted by Gasteiger charge is -2.37. The molecule has 2 aromatic carbocycles. The molecule has 1 aliphatic heterocycles. The highest BCUT2D eigenvalue weighted by Gasteiger charge is 2.25. The van der Waals surface area contributed by atoms with E-state index in [4.69, 9.17) is 0 Å². The molecule has 1 amide bonds. The van der Waals surface area contributed by atoms with Gasteiger partial charge in [-0.1, -0.05) is 42.5 Å². The molecule has 144 valence electrons. The van der Waals surface area contributed by atoms with Crippen molar-refractivity contribution >= 4 is 11.6 Å². The number of aromatic nitrogens is 1. The maximum absolute atomic E-state index is 14.0. The van der Waals surface area contributed by atoms with Crippen LogP contribution < -0.4 is 4.90 Å². The predicted molar refractivity (Wildman–Crippen MR) is 109 cm³/mol. The Balaban J connectivity index is 1.43. The average molecular weight is 377 g/mol. The Hall–Kier alpha value is -3.08. The van der Waals surface area contributed by atoms with Crippen molar-refractivity contribution < 1.29 is 9.18 Å². The number of hydrogen-bond acceptors (Lipinski definition) is 2. The van der Waals surface area contributed by atoms with Gasteiger partial charge in [-0.25, -0.2) is 4.39 Å². The minimum Gasteiger partial charge on any atom is -0.366 e. The molecule has 4 nitrogen and oxygen atoms in total. The van der Waals surface area contributed by atoms with E-state index in [1.165, 1.54) is 6.07 Å². The maximum Gasteiger partial charge on any atom is 0.225 e. The van der Waals surface area contributed by atoms with Crippen molar-refractivity contribution in [2.45, 2.75) is 12.5 Å². The number of rotatable bonds is 5. The van der Waals surface area contributed by atoms with Crippen LogP contribution in [-0.4, -0.2) is 41.6 Å². The zero-order valence-electron chi connectivity index (χ0n) is 15.7. The summed E-state index contributed by atoms with van der Waals surface area (Å²) in [5.41, 5.74) is 1.74. The van der Waals surface area contributed by atoms with Crippen molar-refractivity contribution in [3.8, 4) is 0 Å². The van der Waals surface area contributed by atoms with Gasteiger partial charge in [0.15, 0.2) is 0 Å². The van der Waals surface area contributed by atoms with Crippen molar-refractivity contribution in [3.63, 3.8) is 0 Å². The number of carbonyl (C=O) groups excluding carboxylic acids is 1. The van der Waals surface area contributed by atoms with Gasteiger partial charge in [-0.15, -0.1) is 0 Å². The number of anilines is 1. The van der Waals surface area contributed by atoms with Crippen LogP contribution in [0.15, 0.2) is 79.1 Å². The van der Waals surface area contributed by atoms with E-state index in [2.05, 4.69) is 16.7 Å². The third kappa shape index (κ3) is 3.93. The molecule has 2 heterocycles. The number of nitrogens with zero attached hydrogens (tertiary/aromatic N) is 3. The molecule has 5 heteroatoms. The van der Waals surface area contributed by atoms with Crippen LogP contribution in [-0.2, 0) is 4.79 Å². The monoisotopic (exact) mass is 377 g/mol. The summed E-state index contributed by atoms with van der Waals surface area (Å²) in [6, 6.07) is 20.9. The molecule has 1 fully saturated rings. The first-order chi connectivity index (χ1) is 13.7. The van der Waals surface area contributed by atoms with E-state index in [0.717, 1.165) is 5.56 Å². The van der Waals surface area contributed by atoms with Crippen LogP contribution in [0.5, 0.6) is 0 Å². The third-order valence-electron chi connectivity index (χ3n) is 5.37. The van der Waals surface area contributed by atoms with Crippen LogP contribution in [0.2, 0.25) is 0 Å². The fourth-order valence-electron chi connectivity index (χ4n) is 3.83. The molecule has 0 spiro atoms. The van der Waals surface area contributed by atoms with E-state index in [0.29, 0.717) is 38.3 Å². The van der Waals surface area contributed by atoms with Crippen LogP contribution in [0, 0.1) is 5.82 Å².